The third kappa shape index (κ3) is 4.34. The molecule has 32 heavy (non-hydrogen) atoms. The summed E-state index contributed by atoms with van der Waals surface area (Å²) in [4.78, 5) is 29.6. The van der Waals surface area contributed by atoms with E-state index >= 15 is 0 Å². The first kappa shape index (κ1) is 21.9. The second-order valence-electron chi connectivity index (χ2n) is 8.03. The highest BCUT2D eigenvalue weighted by Crippen LogP contribution is 2.38. The lowest BCUT2D eigenvalue weighted by atomic mass is 10.1. The Bertz CT molecular complexity index is 1210. The summed E-state index contributed by atoms with van der Waals surface area (Å²) in [5.74, 6) is -0.642. The Balaban J connectivity index is 1.74. The van der Waals surface area contributed by atoms with Crippen LogP contribution in [0.15, 0.2) is 82.2 Å². The molecule has 1 N–H and O–H groups in total. The molecule has 5 heteroatoms. The van der Waals surface area contributed by atoms with Gasteiger partial charge in [0, 0.05) is 10.6 Å². The van der Waals surface area contributed by atoms with E-state index in [1.54, 1.807) is 0 Å². The molecule has 4 rings (SSSR count). The summed E-state index contributed by atoms with van der Waals surface area (Å²) in [6.07, 6.45) is 0.940. The van der Waals surface area contributed by atoms with Crippen molar-refractivity contribution in [2.45, 2.75) is 39.0 Å². The van der Waals surface area contributed by atoms with Gasteiger partial charge in [-0.1, -0.05) is 66.2 Å². The Morgan fingerprint density at radius 2 is 1.47 bits per heavy atom. The van der Waals surface area contributed by atoms with E-state index in [0.717, 1.165) is 33.7 Å². The van der Waals surface area contributed by atoms with Crippen molar-refractivity contribution in [1.82, 2.24) is 0 Å². The SMILES string of the molecule is CCc1ccc(NC2=C(Sc3ccc(C)cc3)C(=O)N(c3ccc(C)cc3C)C2=O)cc1. The van der Waals surface area contributed by atoms with Crippen molar-refractivity contribution >= 4 is 35.0 Å². The molecule has 0 atom stereocenters. The number of hydrogen-bond donors (Lipinski definition) is 1. The lowest BCUT2D eigenvalue weighted by Crippen LogP contribution is -2.33. The van der Waals surface area contributed by atoms with Crippen LogP contribution < -0.4 is 10.2 Å². The highest BCUT2D eigenvalue weighted by Gasteiger charge is 2.40. The lowest BCUT2D eigenvalue weighted by Gasteiger charge is -2.18. The molecular weight excluding hydrogens is 416 g/mol. The molecule has 2 amide bonds. The average molecular weight is 443 g/mol. The minimum absolute atomic E-state index is 0.305. The summed E-state index contributed by atoms with van der Waals surface area (Å²) >= 11 is 1.32. The molecule has 3 aromatic carbocycles. The fourth-order valence-corrected chi connectivity index (χ4v) is 4.61. The van der Waals surface area contributed by atoms with Gasteiger partial charge in [0.05, 0.1) is 5.69 Å². The number of thioether (sulfide) groups is 1. The van der Waals surface area contributed by atoms with Crippen molar-refractivity contribution < 1.29 is 9.59 Å². The summed E-state index contributed by atoms with van der Waals surface area (Å²) in [7, 11) is 0. The molecule has 1 heterocycles. The van der Waals surface area contributed by atoms with Crippen molar-refractivity contribution in [3.63, 3.8) is 0 Å². The summed E-state index contributed by atoms with van der Waals surface area (Å²) in [5.41, 5.74) is 6.04. The van der Waals surface area contributed by atoms with Crippen LogP contribution in [-0.2, 0) is 16.0 Å². The molecule has 0 fully saturated rings. The van der Waals surface area contributed by atoms with E-state index in [0.29, 0.717) is 16.3 Å². The third-order valence-electron chi connectivity index (χ3n) is 5.51. The quantitative estimate of drug-likeness (QED) is 0.464. The zero-order chi connectivity index (χ0) is 22.8. The number of hydrogen-bond acceptors (Lipinski definition) is 4. The van der Waals surface area contributed by atoms with Gasteiger partial charge in [0.2, 0.25) is 0 Å². The smallest absolute Gasteiger partial charge is 0.283 e. The van der Waals surface area contributed by atoms with Gasteiger partial charge in [-0.15, -0.1) is 0 Å². The number of carbonyl (C=O) groups is 2. The van der Waals surface area contributed by atoms with E-state index in [1.165, 1.54) is 22.2 Å². The van der Waals surface area contributed by atoms with Gasteiger partial charge in [0.1, 0.15) is 10.6 Å². The maximum Gasteiger partial charge on any atom is 0.283 e. The molecule has 0 saturated carbocycles. The molecule has 1 aliphatic heterocycles. The highest BCUT2D eigenvalue weighted by molar-refractivity contribution is 8.04. The molecule has 0 aromatic heterocycles. The van der Waals surface area contributed by atoms with Gasteiger partial charge >= 0.3 is 0 Å². The molecule has 0 aliphatic carbocycles. The molecule has 162 valence electrons. The number of anilines is 2. The summed E-state index contributed by atoms with van der Waals surface area (Å²) in [5, 5.41) is 3.23. The van der Waals surface area contributed by atoms with Crippen LogP contribution >= 0.6 is 11.8 Å². The Kier molecular flexibility index (Phi) is 6.19. The predicted octanol–water partition coefficient (Wildman–Crippen LogP) is 6.16. The molecule has 4 nitrogen and oxygen atoms in total. The largest absolute Gasteiger partial charge is 0.350 e. The molecule has 0 bridgehead atoms. The van der Waals surface area contributed by atoms with Gasteiger partial charge in [-0.25, -0.2) is 4.90 Å². The molecule has 0 radical (unpaired) electrons. The Labute approximate surface area is 193 Å². The first-order valence-corrected chi connectivity index (χ1v) is 11.5. The number of carbonyl (C=O) groups excluding carboxylic acids is 2. The van der Waals surface area contributed by atoms with Crippen molar-refractivity contribution in [2.24, 2.45) is 0 Å². The molecule has 3 aromatic rings. The van der Waals surface area contributed by atoms with Gasteiger partial charge in [-0.3, -0.25) is 9.59 Å². The Morgan fingerprint density at radius 3 is 2.09 bits per heavy atom. The third-order valence-corrected chi connectivity index (χ3v) is 6.60. The van der Waals surface area contributed by atoms with E-state index in [4.69, 9.17) is 0 Å². The van der Waals surface area contributed by atoms with Crippen LogP contribution in [-0.4, -0.2) is 11.8 Å². The minimum atomic E-state index is -0.337. The number of aryl methyl sites for hydroxylation is 4. The normalized spacial score (nSPS) is 13.8. The molecule has 0 saturated heterocycles. The number of rotatable bonds is 6. The maximum atomic E-state index is 13.5. The number of nitrogens with one attached hydrogen (secondary N) is 1. The van der Waals surface area contributed by atoms with Gasteiger partial charge in [-0.05, 0) is 68.7 Å². The van der Waals surface area contributed by atoms with E-state index in [2.05, 4.69) is 12.2 Å². The highest BCUT2D eigenvalue weighted by atomic mass is 32.2. The van der Waals surface area contributed by atoms with Crippen LogP contribution in [0.4, 0.5) is 11.4 Å². The van der Waals surface area contributed by atoms with Gasteiger partial charge in [0.25, 0.3) is 11.8 Å². The number of imide groups is 1. The summed E-state index contributed by atoms with van der Waals surface area (Å²) in [6, 6.07) is 21.6. The second kappa shape index (κ2) is 9.05. The zero-order valence-electron chi connectivity index (χ0n) is 18.7. The van der Waals surface area contributed by atoms with Gasteiger partial charge in [0.15, 0.2) is 0 Å². The van der Waals surface area contributed by atoms with Gasteiger partial charge in [-0.2, -0.15) is 0 Å². The fourth-order valence-electron chi connectivity index (χ4n) is 3.68. The first-order valence-electron chi connectivity index (χ1n) is 10.7. The monoisotopic (exact) mass is 442 g/mol. The van der Waals surface area contributed by atoms with Crippen molar-refractivity contribution in [3.8, 4) is 0 Å². The first-order chi connectivity index (χ1) is 15.4. The van der Waals surface area contributed by atoms with Crippen LogP contribution in [0.3, 0.4) is 0 Å². The van der Waals surface area contributed by atoms with Crippen LogP contribution in [0.25, 0.3) is 0 Å². The van der Waals surface area contributed by atoms with E-state index < -0.39 is 0 Å². The minimum Gasteiger partial charge on any atom is -0.350 e. The number of amides is 2. The zero-order valence-corrected chi connectivity index (χ0v) is 19.5. The number of nitrogens with zero attached hydrogens (tertiary/aromatic N) is 1. The fraction of sp³-hybridized carbons (Fsp3) is 0.185. The molecular formula is C27H26N2O2S. The average Bonchev–Trinajstić information content (AvgIpc) is 3.00. The summed E-state index contributed by atoms with van der Waals surface area (Å²) in [6.45, 7) is 8.04. The summed E-state index contributed by atoms with van der Waals surface area (Å²) < 4.78 is 0. The molecule has 1 aliphatic rings. The van der Waals surface area contributed by atoms with E-state index in [-0.39, 0.29) is 11.8 Å². The Morgan fingerprint density at radius 1 is 0.812 bits per heavy atom. The molecule has 0 unspecified atom stereocenters. The van der Waals surface area contributed by atoms with Crippen molar-refractivity contribution in [1.29, 1.82) is 0 Å². The molecule has 0 spiro atoms. The lowest BCUT2D eigenvalue weighted by molar-refractivity contribution is -0.120. The standard InChI is InChI=1S/C27H26N2O2S/c1-5-20-9-11-21(12-10-20)28-24-25(32-22-13-6-17(2)7-14-22)27(31)29(26(24)30)23-15-8-18(3)16-19(23)4/h6-16,28H,5H2,1-4H3. The maximum absolute atomic E-state index is 13.5. The van der Waals surface area contributed by atoms with Crippen LogP contribution in [0.5, 0.6) is 0 Å². The topological polar surface area (TPSA) is 49.4 Å². The van der Waals surface area contributed by atoms with Crippen molar-refractivity contribution in [3.05, 3.63) is 99.6 Å². The van der Waals surface area contributed by atoms with Crippen LogP contribution in [0, 0.1) is 20.8 Å². The van der Waals surface area contributed by atoms with Crippen LogP contribution in [0.1, 0.15) is 29.2 Å². The van der Waals surface area contributed by atoms with E-state index in [1.807, 2.05) is 87.5 Å². The van der Waals surface area contributed by atoms with E-state index in [9.17, 15) is 9.59 Å². The number of benzene rings is 3. The van der Waals surface area contributed by atoms with Crippen LogP contribution in [0.2, 0.25) is 0 Å². The van der Waals surface area contributed by atoms with Gasteiger partial charge < -0.3 is 5.32 Å². The second-order valence-corrected chi connectivity index (χ2v) is 9.11. The van der Waals surface area contributed by atoms with Crippen molar-refractivity contribution in [2.75, 3.05) is 10.2 Å². The predicted molar refractivity (Wildman–Crippen MR) is 132 cm³/mol. The Hall–Kier alpha value is -3.31.